The predicted octanol–water partition coefficient (Wildman–Crippen LogP) is 12.2. The standard InChI is InChI=1S/C45H29N3S/c1-3-10-30(11-4-1)32-18-24-35(25-19-32)43-46-44(36-26-20-33(21-27-36)31-12-5-2-6-13-31)48-45(47-43)37-28-22-34(23-29-37)38-15-9-17-41-42(38)39-14-7-8-16-40(39)49-41/h1-29H/i1D,2D,3D,4D,5D,6D,10D,11D,12D,13D,18D,19D,20D,21D,24D,25D,26D,27D. The van der Waals surface area contributed by atoms with Crippen molar-refractivity contribution in [2.45, 2.75) is 0 Å². The Kier molecular flexibility index (Phi) is 4.00. The molecule has 0 N–H and O–H groups in total. The molecule has 2 aromatic heterocycles. The van der Waals surface area contributed by atoms with Gasteiger partial charge in [0.1, 0.15) is 0 Å². The average Bonchev–Trinajstić information content (AvgIpc) is 3.71. The molecule has 49 heavy (non-hydrogen) atoms. The second-order valence-corrected chi connectivity index (χ2v) is 11.7. The van der Waals surface area contributed by atoms with Gasteiger partial charge in [0.2, 0.25) is 0 Å². The van der Waals surface area contributed by atoms with Crippen LogP contribution < -0.4 is 0 Å². The van der Waals surface area contributed by atoms with Gasteiger partial charge in [-0.05, 0) is 45.5 Å². The van der Waals surface area contributed by atoms with E-state index >= 15 is 0 Å². The Labute approximate surface area is 314 Å². The molecule has 9 rings (SSSR count). The smallest absolute Gasteiger partial charge is 0.164 e. The predicted molar refractivity (Wildman–Crippen MR) is 205 cm³/mol. The highest BCUT2D eigenvalue weighted by Gasteiger charge is 2.15. The van der Waals surface area contributed by atoms with Gasteiger partial charge >= 0.3 is 0 Å². The maximum Gasteiger partial charge on any atom is 0.164 e. The Bertz CT molecular complexity index is 3360. The molecule has 9 aromatic rings. The van der Waals surface area contributed by atoms with Gasteiger partial charge in [-0.25, -0.2) is 15.0 Å². The first-order valence-corrected chi connectivity index (χ1v) is 15.7. The summed E-state index contributed by atoms with van der Waals surface area (Å²) in [5.41, 5.74) is -1.31. The van der Waals surface area contributed by atoms with E-state index in [9.17, 15) is 0 Å². The van der Waals surface area contributed by atoms with Gasteiger partial charge in [-0.3, -0.25) is 0 Å². The number of hydrogen-bond donors (Lipinski definition) is 0. The van der Waals surface area contributed by atoms with Gasteiger partial charge in [-0.1, -0.05) is 163 Å². The molecule has 0 saturated carbocycles. The summed E-state index contributed by atoms with van der Waals surface area (Å²) >= 11 is 1.66. The van der Waals surface area contributed by atoms with Crippen molar-refractivity contribution in [2.75, 3.05) is 0 Å². The van der Waals surface area contributed by atoms with Crippen LogP contribution in [0.25, 0.3) is 87.7 Å². The highest BCUT2D eigenvalue weighted by atomic mass is 32.1. The monoisotopic (exact) mass is 661 g/mol. The zero-order valence-corrected chi connectivity index (χ0v) is 25.9. The largest absolute Gasteiger partial charge is 0.208 e. The second kappa shape index (κ2) is 12.4. The number of rotatable bonds is 6. The molecule has 0 unspecified atom stereocenters. The summed E-state index contributed by atoms with van der Waals surface area (Å²) in [6, 6.07) is 7.15. The fourth-order valence-corrected chi connectivity index (χ4v) is 6.52. The Balaban J connectivity index is 1.29. The molecule has 0 spiro atoms. The van der Waals surface area contributed by atoms with Gasteiger partial charge in [0.05, 0.1) is 24.7 Å². The molecule has 0 amide bonds. The first-order chi connectivity index (χ1) is 31.8. The van der Waals surface area contributed by atoms with Crippen LogP contribution in [0.4, 0.5) is 0 Å². The number of aromatic nitrogens is 3. The molecule has 0 bridgehead atoms. The summed E-state index contributed by atoms with van der Waals surface area (Å²) in [6.45, 7) is 0. The van der Waals surface area contributed by atoms with E-state index in [0.717, 1.165) is 31.3 Å². The Morgan fingerprint density at radius 3 is 1.39 bits per heavy atom. The molecule has 230 valence electrons. The van der Waals surface area contributed by atoms with Crippen LogP contribution in [-0.2, 0) is 0 Å². The molecule has 2 heterocycles. The summed E-state index contributed by atoms with van der Waals surface area (Å²) in [5.74, 6) is -1.20. The first kappa shape index (κ1) is 15.8. The van der Waals surface area contributed by atoms with Crippen molar-refractivity contribution in [3.8, 4) is 67.5 Å². The van der Waals surface area contributed by atoms with Gasteiger partial charge in [-0.2, -0.15) is 0 Å². The Morgan fingerprint density at radius 1 is 0.367 bits per heavy atom. The zero-order chi connectivity index (χ0) is 48.2. The van der Waals surface area contributed by atoms with E-state index in [2.05, 4.69) is 15.0 Å². The van der Waals surface area contributed by atoms with Crippen molar-refractivity contribution in [3.05, 3.63) is 175 Å². The van der Waals surface area contributed by atoms with Crippen molar-refractivity contribution >= 4 is 31.5 Å². The van der Waals surface area contributed by atoms with E-state index < -0.39 is 154 Å². The normalized spacial score (nSPS) is 16.4. The SMILES string of the molecule is [2H]c1c([2H])c([2H])c(-c2c([2H])c([2H])c(-c3nc(-c4ccc(-c5cccc6sc7ccccc7c56)cc4)nc(-c4c([2H])c([2H])c(-c5c([2H])c([2H])c([2H])c([2H])c5[2H])c([2H])c4[2H])n3)c([2H])c2[2H])c([2H])c1[2H]. The highest BCUT2D eigenvalue weighted by Crippen LogP contribution is 2.40. The number of nitrogens with zero attached hydrogens (tertiary/aromatic N) is 3. The minimum absolute atomic E-state index is 0.163. The molecule has 0 aliphatic rings. The zero-order valence-electron chi connectivity index (χ0n) is 43.1. The maximum absolute atomic E-state index is 9.14. The van der Waals surface area contributed by atoms with Crippen LogP contribution in [0.3, 0.4) is 0 Å². The third kappa shape index (κ3) is 5.58. The topological polar surface area (TPSA) is 38.7 Å². The van der Waals surface area contributed by atoms with Gasteiger partial charge in [-0.15, -0.1) is 11.3 Å². The van der Waals surface area contributed by atoms with Gasteiger partial charge < -0.3 is 0 Å². The summed E-state index contributed by atoms with van der Waals surface area (Å²) in [6.07, 6.45) is 0. The van der Waals surface area contributed by atoms with Crippen molar-refractivity contribution in [1.82, 2.24) is 15.0 Å². The van der Waals surface area contributed by atoms with Gasteiger partial charge in [0.25, 0.3) is 0 Å². The number of hydrogen-bond acceptors (Lipinski definition) is 4. The number of fused-ring (bicyclic) bond motifs is 3. The fraction of sp³-hybridized carbons (Fsp3) is 0. The number of benzene rings is 7. The number of thiophene rings is 1. The first-order valence-electron chi connectivity index (χ1n) is 23.9. The highest BCUT2D eigenvalue weighted by molar-refractivity contribution is 7.25. The van der Waals surface area contributed by atoms with E-state index in [1.807, 2.05) is 54.6 Å². The minimum atomic E-state index is -0.801. The van der Waals surface area contributed by atoms with Crippen LogP contribution in [0.5, 0.6) is 0 Å². The lowest BCUT2D eigenvalue weighted by atomic mass is 9.98. The quantitative estimate of drug-likeness (QED) is 0.178. The lowest BCUT2D eigenvalue weighted by molar-refractivity contribution is 1.07. The van der Waals surface area contributed by atoms with Crippen LogP contribution in [0.1, 0.15) is 24.7 Å². The van der Waals surface area contributed by atoms with E-state index in [4.69, 9.17) is 24.7 Å². The van der Waals surface area contributed by atoms with E-state index in [-0.39, 0.29) is 5.82 Å². The minimum Gasteiger partial charge on any atom is -0.208 e. The third-order valence-corrected chi connectivity index (χ3v) is 8.83. The van der Waals surface area contributed by atoms with Gasteiger partial charge in [0, 0.05) is 36.9 Å². The van der Waals surface area contributed by atoms with Crippen LogP contribution >= 0.6 is 11.3 Å². The van der Waals surface area contributed by atoms with Crippen molar-refractivity contribution in [1.29, 1.82) is 0 Å². The van der Waals surface area contributed by atoms with Gasteiger partial charge in [0.15, 0.2) is 17.5 Å². The van der Waals surface area contributed by atoms with Crippen LogP contribution in [0, 0.1) is 0 Å². The molecule has 7 aromatic carbocycles. The molecule has 3 nitrogen and oxygen atoms in total. The Hall–Kier alpha value is -6.23. The van der Waals surface area contributed by atoms with Crippen LogP contribution in [0.15, 0.2) is 175 Å². The molecule has 0 saturated heterocycles. The van der Waals surface area contributed by atoms with E-state index in [0.29, 0.717) is 5.56 Å². The summed E-state index contributed by atoms with van der Waals surface area (Å²) in [4.78, 5) is 13.6. The molecule has 0 atom stereocenters. The molecule has 0 radical (unpaired) electrons. The van der Waals surface area contributed by atoms with Crippen molar-refractivity contribution < 1.29 is 24.7 Å². The third-order valence-electron chi connectivity index (χ3n) is 7.69. The molecule has 0 aliphatic carbocycles. The maximum atomic E-state index is 9.14. The fourth-order valence-electron chi connectivity index (χ4n) is 5.39. The lowest BCUT2D eigenvalue weighted by Crippen LogP contribution is -2.00. The molecule has 4 heteroatoms. The lowest BCUT2D eigenvalue weighted by Gasteiger charge is -2.11. The molecular weight excluding hydrogens is 615 g/mol. The second-order valence-electron chi connectivity index (χ2n) is 10.7. The molecule has 0 aliphatic heterocycles. The molecule has 0 fully saturated rings. The summed E-state index contributed by atoms with van der Waals surface area (Å²) in [7, 11) is 0. The van der Waals surface area contributed by atoms with Crippen molar-refractivity contribution in [2.24, 2.45) is 0 Å². The van der Waals surface area contributed by atoms with Crippen LogP contribution in [0.2, 0.25) is 0 Å². The van der Waals surface area contributed by atoms with E-state index in [1.54, 1.807) is 23.5 Å². The van der Waals surface area contributed by atoms with Crippen LogP contribution in [-0.4, -0.2) is 15.0 Å². The summed E-state index contributed by atoms with van der Waals surface area (Å²) in [5, 5.41) is 2.12. The average molecular weight is 662 g/mol. The van der Waals surface area contributed by atoms with Crippen molar-refractivity contribution in [3.63, 3.8) is 0 Å². The van der Waals surface area contributed by atoms with E-state index in [1.165, 1.54) is 0 Å². The summed E-state index contributed by atoms with van der Waals surface area (Å²) < 4.78 is 158. The molecular formula is C45H29N3S. The Morgan fingerprint density at radius 2 is 0.816 bits per heavy atom.